The highest BCUT2D eigenvalue weighted by Gasteiger charge is 2.29. The molecule has 1 aliphatic rings. The van der Waals surface area contributed by atoms with E-state index in [0.29, 0.717) is 13.1 Å². The third-order valence-electron chi connectivity index (χ3n) is 3.35. The number of ether oxygens (including phenoxy) is 1. The molecule has 6 heteroatoms. The van der Waals surface area contributed by atoms with Crippen molar-refractivity contribution in [3.63, 3.8) is 0 Å². The lowest BCUT2D eigenvalue weighted by Crippen LogP contribution is -2.36. The van der Waals surface area contributed by atoms with Gasteiger partial charge in [0.05, 0.1) is 6.10 Å². The Bertz CT molecular complexity index is 442. The molecule has 21 heavy (non-hydrogen) atoms. The summed E-state index contributed by atoms with van der Waals surface area (Å²) >= 11 is 1.74. The van der Waals surface area contributed by atoms with Crippen LogP contribution in [-0.4, -0.2) is 37.0 Å². The lowest BCUT2D eigenvalue weighted by atomic mass is 10.2. The molecule has 1 aliphatic heterocycles. The van der Waals surface area contributed by atoms with Gasteiger partial charge in [0.1, 0.15) is 6.10 Å². The van der Waals surface area contributed by atoms with Gasteiger partial charge in [0.25, 0.3) is 0 Å². The van der Waals surface area contributed by atoms with Crippen molar-refractivity contribution in [2.45, 2.75) is 36.9 Å². The van der Waals surface area contributed by atoms with E-state index < -0.39 is 0 Å². The van der Waals surface area contributed by atoms with E-state index in [2.05, 4.69) is 36.5 Å². The van der Waals surface area contributed by atoms with Gasteiger partial charge in [0.15, 0.2) is 0 Å². The van der Waals surface area contributed by atoms with Crippen LogP contribution in [0.25, 0.3) is 0 Å². The topological polar surface area (TPSA) is 64.4 Å². The molecule has 2 rings (SSSR count). The van der Waals surface area contributed by atoms with Crippen LogP contribution in [0.2, 0.25) is 0 Å². The largest absolute Gasteiger partial charge is 0.364 e. The molecule has 1 fully saturated rings. The first-order valence-corrected chi connectivity index (χ1v) is 8.00. The van der Waals surface area contributed by atoms with Crippen LogP contribution < -0.4 is 11.1 Å². The molecule has 1 saturated heterocycles. The maximum absolute atomic E-state index is 11.9. The van der Waals surface area contributed by atoms with Gasteiger partial charge < -0.3 is 15.8 Å². The SMILES string of the molecule is Cc1ccc(SCCNC(=O)[C@@H]2CC[C@H](CN)O2)cc1.Cl. The van der Waals surface area contributed by atoms with E-state index in [1.54, 1.807) is 11.8 Å². The van der Waals surface area contributed by atoms with Crippen molar-refractivity contribution in [1.82, 2.24) is 5.32 Å². The molecule has 0 aromatic heterocycles. The number of nitrogens with one attached hydrogen (secondary N) is 1. The number of benzene rings is 1. The summed E-state index contributed by atoms with van der Waals surface area (Å²) < 4.78 is 5.56. The second-order valence-corrected chi connectivity index (χ2v) is 6.18. The van der Waals surface area contributed by atoms with Crippen molar-refractivity contribution in [2.75, 3.05) is 18.8 Å². The van der Waals surface area contributed by atoms with E-state index >= 15 is 0 Å². The minimum absolute atomic E-state index is 0. The highest BCUT2D eigenvalue weighted by atomic mass is 35.5. The third-order valence-corrected chi connectivity index (χ3v) is 4.37. The molecule has 1 heterocycles. The number of amides is 1. The quantitative estimate of drug-likeness (QED) is 0.619. The smallest absolute Gasteiger partial charge is 0.249 e. The Morgan fingerprint density at radius 2 is 2.10 bits per heavy atom. The summed E-state index contributed by atoms with van der Waals surface area (Å²) in [5.41, 5.74) is 6.79. The standard InChI is InChI=1S/C15H22N2O2S.ClH/c1-11-2-5-13(6-3-11)20-9-8-17-15(18)14-7-4-12(10-16)19-14;/h2-3,5-6,12,14H,4,7-10,16H2,1H3,(H,17,18);1H/t12-,14+;/m1./s1. The van der Waals surface area contributed by atoms with Gasteiger partial charge in [-0.05, 0) is 31.9 Å². The molecule has 1 aromatic rings. The Morgan fingerprint density at radius 1 is 1.38 bits per heavy atom. The molecule has 0 spiro atoms. The van der Waals surface area contributed by atoms with Crippen molar-refractivity contribution in [3.05, 3.63) is 29.8 Å². The van der Waals surface area contributed by atoms with E-state index in [1.165, 1.54) is 10.5 Å². The molecule has 1 aromatic carbocycles. The number of thioether (sulfide) groups is 1. The minimum atomic E-state index is -0.312. The molecule has 118 valence electrons. The van der Waals surface area contributed by atoms with Gasteiger partial charge >= 0.3 is 0 Å². The van der Waals surface area contributed by atoms with Crippen LogP contribution in [0.3, 0.4) is 0 Å². The number of halogens is 1. The highest BCUT2D eigenvalue weighted by Crippen LogP contribution is 2.19. The maximum atomic E-state index is 11.9. The Hall–Kier alpha value is -0.750. The summed E-state index contributed by atoms with van der Waals surface area (Å²) in [7, 11) is 0. The summed E-state index contributed by atoms with van der Waals surface area (Å²) in [4.78, 5) is 13.1. The van der Waals surface area contributed by atoms with Crippen LogP contribution in [-0.2, 0) is 9.53 Å². The fraction of sp³-hybridized carbons (Fsp3) is 0.533. The second-order valence-electron chi connectivity index (χ2n) is 5.01. The molecule has 3 N–H and O–H groups in total. The summed E-state index contributed by atoms with van der Waals surface area (Å²) in [6.45, 7) is 3.22. The Morgan fingerprint density at radius 3 is 2.71 bits per heavy atom. The van der Waals surface area contributed by atoms with E-state index in [9.17, 15) is 4.79 Å². The van der Waals surface area contributed by atoms with Crippen molar-refractivity contribution >= 4 is 30.1 Å². The zero-order valence-corrected chi connectivity index (χ0v) is 13.8. The molecule has 0 unspecified atom stereocenters. The predicted octanol–water partition coefficient (Wildman–Crippen LogP) is 2.13. The first-order chi connectivity index (χ1) is 9.69. The Kier molecular flexibility index (Phi) is 8.11. The van der Waals surface area contributed by atoms with Gasteiger partial charge in [-0.15, -0.1) is 24.2 Å². The van der Waals surface area contributed by atoms with Gasteiger partial charge in [-0.3, -0.25) is 4.79 Å². The monoisotopic (exact) mass is 330 g/mol. The summed E-state index contributed by atoms with van der Waals surface area (Å²) in [5, 5.41) is 2.93. The number of nitrogens with two attached hydrogens (primary N) is 1. The number of carbonyl (C=O) groups is 1. The Balaban J connectivity index is 0.00000220. The first-order valence-electron chi connectivity index (χ1n) is 7.01. The molecular weight excluding hydrogens is 308 g/mol. The van der Waals surface area contributed by atoms with Gasteiger partial charge in [-0.2, -0.15) is 0 Å². The lowest BCUT2D eigenvalue weighted by Gasteiger charge is -2.12. The molecule has 0 aliphatic carbocycles. The molecule has 4 nitrogen and oxygen atoms in total. The van der Waals surface area contributed by atoms with Gasteiger partial charge in [-0.25, -0.2) is 0 Å². The minimum Gasteiger partial charge on any atom is -0.364 e. The van der Waals surface area contributed by atoms with Crippen LogP contribution in [0.15, 0.2) is 29.2 Å². The van der Waals surface area contributed by atoms with Crippen LogP contribution in [0.4, 0.5) is 0 Å². The summed E-state index contributed by atoms with van der Waals surface area (Å²) in [6, 6.07) is 8.40. The fourth-order valence-electron chi connectivity index (χ4n) is 2.16. The number of hydrogen-bond donors (Lipinski definition) is 2. The average molecular weight is 331 g/mol. The highest BCUT2D eigenvalue weighted by molar-refractivity contribution is 7.99. The maximum Gasteiger partial charge on any atom is 0.249 e. The Labute approximate surface area is 136 Å². The zero-order chi connectivity index (χ0) is 14.4. The van der Waals surface area contributed by atoms with Crippen molar-refractivity contribution in [2.24, 2.45) is 5.73 Å². The van der Waals surface area contributed by atoms with Crippen LogP contribution in [0.5, 0.6) is 0 Å². The zero-order valence-electron chi connectivity index (χ0n) is 12.2. The first kappa shape index (κ1) is 18.3. The number of hydrogen-bond acceptors (Lipinski definition) is 4. The normalized spacial score (nSPS) is 20.9. The van der Waals surface area contributed by atoms with E-state index in [4.69, 9.17) is 10.5 Å². The fourth-order valence-corrected chi connectivity index (χ4v) is 2.93. The molecule has 0 saturated carbocycles. The van der Waals surface area contributed by atoms with Gasteiger partial charge in [0.2, 0.25) is 5.91 Å². The summed E-state index contributed by atoms with van der Waals surface area (Å²) in [5.74, 6) is 0.854. The lowest BCUT2D eigenvalue weighted by molar-refractivity contribution is -0.131. The number of rotatable bonds is 6. The molecule has 1 amide bonds. The number of aryl methyl sites for hydroxylation is 1. The van der Waals surface area contributed by atoms with Crippen molar-refractivity contribution in [3.8, 4) is 0 Å². The van der Waals surface area contributed by atoms with Crippen LogP contribution in [0, 0.1) is 6.92 Å². The third kappa shape index (κ3) is 5.87. The van der Waals surface area contributed by atoms with Crippen LogP contribution in [0.1, 0.15) is 18.4 Å². The van der Waals surface area contributed by atoms with E-state index in [1.807, 2.05) is 0 Å². The molecule has 0 bridgehead atoms. The predicted molar refractivity (Wildman–Crippen MR) is 89.1 cm³/mol. The molecular formula is C15H23ClN2O2S. The van der Waals surface area contributed by atoms with Crippen LogP contribution >= 0.6 is 24.2 Å². The van der Waals surface area contributed by atoms with E-state index in [-0.39, 0.29) is 30.5 Å². The number of carbonyl (C=O) groups excluding carboxylic acids is 1. The van der Waals surface area contributed by atoms with Crippen molar-refractivity contribution < 1.29 is 9.53 Å². The van der Waals surface area contributed by atoms with Gasteiger partial charge in [0, 0.05) is 23.7 Å². The summed E-state index contributed by atoms with van der Waals surface area (Å²) in [6.07, 6.45) is 1.39. The van der Waals surface area contributed by atoms with Gasteiger partial charge in [-0.1, -0.05) is 17.7 Å². The average Bonchev–Trinajstić information content (AvgIpc) is 2.94. The molecule has 2 atom stereocenters. The van der Waals surface area contributed by atoms with E-state index in [0.717, 1.165) is 18.6 Å². The second kappa shape index (κ2) is 9.30. The molecule has 0 radical (unpaired) electrons. The van der Waals surface area contributed by atoms with Crippen molar-refractivity contribution in [1.29, 1.82) is 0 Å².